The first kappa shape index (κ1) is 20.9. The fourth-order valence-electron chi connectivity index (χ4n) is 5.29. The molecular formula is C25H30FNO3. The summed E-state index contributed by atoms with van der Waals surface area (Å²) < 4.78 is 24.5. The minimum absolute atomic E-state index is 0.272. The lowest BCUT2D eigenvalue weighted by molar-refractivity contribution is -0.0595. The highest BCUT2D eigenvalue weighted by molar-refractivity contribution is 5.50. The third-order valence-corrected chi connectivity index (χ3v) is 6.64. The average molecular weight is 412 g/mol. The van der Waals surface area contributed by atoms with Crippen LogP contribution >= 0.6 is 0 Å². The largest absolute Gasteiger partial charge is 0.493 e. The Hall–Kier alpha value is -2.37. The van der Waals surface area contributed by atoms with E-state index in [-0.39, 0.29) is 5.82 Å². The summed E-state index contributed by atoms with van der Waals surface area (Å²) in [5.41, 5.74) is 2.17. The molecule has 4 nitrogen and oxygen atoms in total. The summed E-state index contributed by atoms with van der Waals surface area (Å²) in [6.45, 7) is 4.66. The van der Waals surface area contributed by atoms with E-state index in [1.807, 2.05) is 12.1 Å². The van der Waals surface area contributed by atoms with E-state index in [0.29, 0.717) is 31.3 Å². The fraction of sp³-hybridized carbons (Fsp3) is 0.440. The van der Waals surface area contributed by atoms with Gasteiger partial charge in [-0.3, -0.25) is 4.90 Å². The van der Waals surface area contributed by atoms with Gasteiger partial charge in [-0.15, -0.1) is 6.58 Å². The maximum atomic E-state index is 13.3. The second kappa shape index (κ2) is 8.40. The number of ether oxygens (including phenoxy) is 2. The number of rotatable bonds is 7. The summed E-state index contributed by atoms with van der Waals surface area (Å²) in [6, 6.07) is 11.1. The molecule has 2 heterocycles. The summed E-state index contributed by atoms with van der Waals surface area (Å²) in [6.07, 6.45) is 6.06. The summed E-state index contributed by atoms with van der Waals surface area (Å²) in [5, 5.41) is 11.4. The minimum atomic E-state index is -0.887. The zero-order valence-electron chi connectivity index (χ0n) is 17.7. The zero-order chi connectivity index (χ0) is 21.3. The van der Waals surface area contributed by atoms with Crippen molar-refractivity contribution < 1.29 is 19.0 Å². The van der Waals surface area contributed by atoms with Crippen LogP contribution in [0.2, 0.25) is 0 Å². The van der Waals surface area contributed by atoms with Gasteiger partial charge < -0.3 is 14.6 Å². The number of hydrogen-bond acceptors (Lipinski definition) is 4. The third kappa shape index (κ3) is 3.84. The molecule has 160 valence electrons. The van der Waals surface area contributed by atoms with Gasteiger partial charge in [0.1, 0.15) is 5.82 Å². The molecule has 4 rings (SSSR count). The van der Waals surface area contributed by atoms with Crippen LogP contribution in [0.3, 0.4) is 0 Å². The standard InChI is InChI=1S/C25H30FNO3/c1-4-5-18-12-17(13-23(29-2)24(18)30-3)16-27-21-10-11-22(27)15-25(28,14-21)19-6-8-20(26)9-7-19/h4,6-9,12-13,21-22,28H,1,5,10-11,14-16H2,2-3H3/t21-,22+,25?. The number of aliphatic hydroxyl groups is 1. The Balaban J connectivity index is 1.56. The number of nitrogens with zero attached hydrogens (tertiary/aromatic N) is 1. The Morgan fingerprint density at radius 2 is 1.80 bits per heavy atom. The van der Waals surface area contributed by atoms with Gasteiger partial charge in [0.05, 0.1) is 19.8 Å². The number of methoxy groups -OCH3 is 2. The molecule has 30 heavy (non-hydrogen) atoms. The van der Waals surface area contributed by atoms with E-state index >= 15 is 0 Å². The van der Waals surface area contributed by atoms with Crippen molar-refractivity contribution in [2.24, 2.45) is 0 Å². The lowest BCUT2D eigenvalue weighted by atomic mass is 9.80. The molecule has 2 aromatic carbocycles. The van der Waals surface area contributed by atoms with E-state index in [9.17, 15) is 9.50 Å². The van der Waals surface area contributed by atoms with E-state index in [2.05, 4.69) is 17.5 Å². The van der Waals surface area contributed by atoms with Crippen molar-refractivity contribution in [2.45, 2.75) is 56.3 Å². The smallest absolute Gasteiger partial charge is 0.164 e. The molecule has 0 spiro atoms. The van der Waals surface area contributed by atoms with Crippen molar-refractivity contribution in [3.8, 4) is 11.5 Å². The van der Waals surface area contributed by atoms with Crippen molar-refractivity contribution in [3.05, 3.63) is 71.6 Å². The van der Waals surface area contributed by atoms with Gasteiger partial charge in [-0.05, 0) is 61.4 Å². The molecule has 0 aliphatic carbocycles. The van der Waals surface area contributed by atoms with Gasteiger partial charge in [-0.25, -0.2) is 4.39 Å². The molecule has 2 aliphatic rings. The van der Waals surface area contributed by atoms with Gasteiger partial charge in [0.25, 0.3) is 0 Å². The number of fused-ring (bicyclic) bond motifs is 2. The highest BCUT2D eigenvalue weighted by atomic mass is 19.1. The van der Waals surface area contributed by atoms with Crippen LogP contribution in [-0.2, 0) is 18.6 Å². The lowest BCUT2D eigenvalue weighted by Crippen LogP contribution is -2.49. The molecule has 0 aromatic heterocycles. The van der Waals surface area contributed by atoms with Crippen LogP contribution in [0.4, 0.5) is 4.39 Å². The molecule has 2 aromatic rings. The van der Waals surface area contributed by atoms with Gasteiger partial charge >= 0.3 is 0 Å². The predicted octanol–water partition coefficient (Wildman–Crippen LogP) is 4.59. The summed E-state index contributed by atoms with van der Waals surface area (Å²) in [4.78, 5) is 2.51. The van der Waals surface area contributed by atoms with Gasteiger partial charge in [-0.1, -0.05) is 24.3 Å². The number of halogens is 1. The second-order valence-corrected chi connectivity index (χ2v) is 8.49. The first-order chi connectivity index (χ1) is 14.5. The molecule has 3 atom stereocenters. The number of piperidine rings is 1. The van der Waals surface area contributed by atoms with Crippen molar-refractivity contribution >= 4 is 0 Å². The van der Waals surface area contributed by atoms with E-state index in [0.717, 1.165) is 42.0 Å². The fourth-order valence-corrected chi connectivity index (χ4v) is 5.29. The quantitative estimate of drug-likeness (QED) is 0.677. The van der Waals surface area contributed by atoms with Crippen LogP contribution in [0.25, 0.3) is 0 Å². The van der Waals surface area contributed by atoms with E-state index in [4.69, 9.17) is 9.47 Å². The molecule has 2 saturated heterocycles. The van der Waals surface area contributed by atoms with Gasteiger partial charge in [-0.2, -0.15) is 0 Å². The highest BCUT2D eigenvalue weighted by Crippen LogP contribution is 2.46. The zero-order valence-corrected chi connectivity index (χ0v) is 17.7. The normalized spacial score (nSPS) is 25.9. The number of benzene rings is 2. The molecule has 5 heteroatoms. The molecule has 2 aliphatic heterocycles. The van der Waals surface area contributed by atoms with Gasteiger partial charge in [0.15, 0.2) is 11.5 Å². The summed E-state index contributed by atoms with van der Waals surface area (Å²) >= 11 is 0. The molecule has 0 saturated carbocycles. The van der Waals surface area contributed by atoms with Crippen molar-refractivity contribution in [1.29, 1.82) is 0 Å². The monoisotopic (exact) mass is 411 g/mol. The second-order valence-electron chi connectivity index (χ2n) is 8.49. The maximum Gasteiger partial charge on any atom is 0.164 e. The van der Waals surface area contributed by atoms with Crippen LogP contribution in [-0.4, -0.2) is 36.3 Å². The molecular weight excluding hydrogens is 381 g/mol. The molecule has 1 unspecified atom stereocenters. The van der Waals surface area contributed by atoms with E-state index < -0.39 is 5.60 Å². The van der Waals surface area contributed by atoms with Crippen LogP contribution in [0, 0.1) is 5.82 Å². The lowest BCUT2D eigenvalue weighted by Gasteiger charge is -2.44. The Morgan fingerprint density at radius 3 is 2.37 bits per heavy atom. The Labute approximate surface area is 177 Å². The topological polar surface area (TPSA) is 41.9 Å². The van der Waals surface area contributed by atoms with Crippen molar-refractivity contribution in [1.82, 2.24) is 4.90 Å². The summed E-state index contributed by atoms with van der Waals surface area (Å²) in [5.74, 6) is 1.22. The summed E-state index contributed by atoms with van der Waals surface area (Å²) in [7, 11) is 3.32. The third-order valence-electron chi connectivity index (χ3n) is 6.64. The van der Waals surface area contributed by atoms with E-state index in [1.54, 1.807) is 26.4 Å². The molecule has 0 amide bonds. The predicted molar refractivity (Wildman–Crippen MR) is 115 cm³/mol. The maximum absolute atomic E-state index is 13.3. The molecule has 0 radical (unpaired) electrons. The highest BCUT2D eigenvalue weighted by Gasteiger charge is 2.48. The Morgan fingerprint density at radius 1 is 1.13 bits per heavy atom. The first-order valence-corrected chi connectivity index (χ1v) is 10.6. The van der Waals surface area contributed by atoms with Gasteiger partial charge in [0.2, 0.25) is 0 Å². The first-order valence-electron chi connectivity index (χ1n) is 10.6. The molecule has 1 N–H and O–H groups in total. The van der Waals surface area contributed by atoms with Crippen LogP contribution in [0.15, 0.2) is 49.1 Å². The Bertz CT molecular complexity index is 897. The molecule has 2 bridgehead atoms. The van der Waals surface area contributed by atoms with Gasteiger partial charge in [0, 0.05) is 24.2 Å². The Kier molecular flexibility index (Phi) is 5.85. The van der Waals surface area contributed by atoms with Crippen molar-refractivity contribution in [3.63, 3.8) is 0 Å². The van der Waals surface area contributed by atoms with Crippen LogP contribution in [0.5, 0.6) is 11.5 Å². The van der Waals surface area contributed by atoms with Crippen LogP contribution < -0.4 is 9.47 Å². The van der Waals surface area contributed by atoms with Crippen molar-refractivity contribution in [2.75, 3.05) is 14.2 Å². The number of allylic oxidation sites excluding steroid dienone is 1. The minimum Gasteiger partial charge on any atom is -0.493 e. The number of hydrogen-bond donors (Lipinski definition) is 1. The van der Waals surface area contributed by atoms with Crippen LogP contribution in [0.1, 0.15) is 42.4 Å². The molecule has 2 fully saturated rings. The average Bonchev–Trinajstić information content (AvgIpc) is 2.97. The SMILES string of the molecule is C=CCc1cc(CN2[C@@H]3CC[C@H]2CC(O)(c2ccc(F)cc2)C3)cc(OC)c1OC. The van der Waals surface area contributed by atoms with E-state index in [1.165, 1.54) is 17.7 Å².